The van der Waals surface area contributed by atoms with Gasteiger partial charge in [-0.2, -0.15) is 0 Å². The van der Waals surface area contributed by atoms with Crippen LogP contribution in [0.2, 0.25) is 0 Å². The lowest BCUT2D eigenvalue weighted by atomic mass is 9.88. The minimum absolute atomic E-state index is 0.377. The van der Waals surface area contributed by atoms with Gasteiger partial charge in [0.2, 0.25) is 0 Å². The summed E-state index contributed by atoms with van der Waals surface area (Å²) < 4.78 is 4.17. The fourth-order valence-corrected chi connectivity index (χ4v) is 2.98. The molecule has 0 amide bonds. The molecule has 3 nitrogen and oxygen atoms in total. The summed E-state index contributed by atoms with van der Waals surface area (Å²) >= 11 is 1.56. The molecule has 0 spiro atoms. The maximum Gasteiger partial charge on any atom is 0.0829 e. The van der Waals surface area contributed by atoms with E-state index < -0.39 is 0 Å². The predicted molar refractivity (Wildman–Crippen MR) is 83.7 cm³/mol. The molecule has 1 N–H and O–H groups in total. The van der Waals surface area contributed by atoms with Gasteiger partial charge in [0.15, 0.2) is 0 Å². The molecule has 4 heteroatoms. The number of hydrogen-bond acceptors (Lipinski definition) is 4. The van der Waals surface area contributed by atoms with Gasteiger partial charge in [-0.3, -0.25) is 0 Å². The van der Waals surface area contributed by atoms with E-state index in [1.165, 1.54) is 17.0 Å². The van der Waals surface area contributed by atoms with Gasteiger partial charge in [-0.25, -0.2) is 0 Å². The second-order valence-electron chi connectivity index (χ2n) is 6.78. The molecule has 110 valence electrons. The van der Waals surface area contributed by atoms with Crippen LogP contribution < -0.4 is 5.32 Å². The minimum atomic E-state index is 0.377. The molecule has 0 radical (unpaired) electrons. The van der Waals surface area contributed by atoms with Crippen LogP contribution in [0.25, 0.3) is 0 Å². The minimum Gasteiger partial charge on any atom is -0.309 e. The zero-order valence-electron chi connectivity index (χ0n) is 13.3. The SMILES string of the molecule is CCCNC(CCC(C)(C)C)c1snnc1C(C)C. The largest absolute Gasteiger partial charge is 0.309 e. The van der Waals surface area contributed by atoms with Crippen LogP contribution in [0.15, 0.2) is 0 Å². The molecular weight excluding hydrogens is 254 g/mol. The summed E-state index contributed by atoms with van der Waals surface area (Å²) in [6, 6.07) is 0.413. The molecule has 0 bridgehead atoms. The highest BCUT2D eigenvalue weighted by Crippen LogP contribution is 2.32. The van der Waals surface area contributed by atoms with Gasteiger partial charge in [0, 0.05) is 6.04 Å². The van der Waals surface area contributed by atoms with E-state index in [9.17, 15) is 0 Å². The first-order valence-electron chi connectivity index (χ1n) is 7.40. The molecule has 1 aromatic rings. The molecule has 0 aliphatic heterocycles. The van der Waals surface area contributed by atoms with Crippen molar-refractivity contribution in [3.8, 4) is 0 Å². The molecule has 0 aromatic carbocycles. The van der Waals surface area contributed by atoms with E-state index in [1.807, 2.05) is 0 Å². The molecule has 1 heterocycles. The Morgan fingerprint density at radius 1 is 1.26 bits per heavy atom. The second kappa shape index (κ2) is 7.34. The summed E-state index contributed by atoms with van der Waals surface area (Å²) in [5.74, 6) is 0.453. The molecule has 1 aromatic heterocycles. The molecule has 0 aliphatic carbocycles. The maximum atomic E-state index is 4.32. The van der Waals surface area contributed by atoms with Crippen molar-refractivity contribution >= 4 is 11.5 Å². The van der Waals surface area contributed by atoms with Crippen molar-refractivity contribution in [1.82, 2.24) is 14.9 Å². The number of nitrogens with zero attached hydrogens (tertiary/aromatic N) is 2. The highest BCUT2D eigenvalue weighted by atomic mass is 32.1. The van der Waals surface area contributed by atoms with Crippen LogP contribution in [0.3, 0.4) is 0 Å². The van der Waals surface area contributed by atoms with Gasteiger partial charge >= 0.3 is 0 Å². The number of hydrogen-bond donors (Lipinski definition) is 1. The molecule has 0 saturated carbocycles. The fourth-order valence-electron chi connectivity index (χ4n) is 2.07. The van der Waals surface area contributed by atoms with Gasteiger partial charge in [-0.1, -0.05) is 46.0 Å². The molecule has 1 atom stereocenters. The Labute approximate surface area is 122 Å². The van der Waals surface area contributed by atoms with Crippen LogP contribution in [0.1, 0.15) is 83.3 Å². The van der Waals surface area contributed by atoms with Gasteiger partial charge in [-0.05, 0) is 48.7 Å². The Kier molecular flexibility index (Phi) is 6.40. The average molecular weight is 283 g/mol. The first-order valence-corrected chi connectivity index (χ1v) is 8.18. The first kappa shape index (κ1) is 16.6. The summed E-state index contributed by atoms with van der Waals surface area (Å²) in [4.78, 5) is 1.34. The van der Waals surface area contributed by atoms with E-state index in [0.29, 0.717) is 17.4 Å². The van der Waals surface area contributed by atoms with E-state index in [0.717, 1.165) is 19.4 Å². The lowest BCUT2D eigenvalue weighted by molar-refractivity contribution is 0.333. The number of aromatic nitrogens is 2. The van der Waals surface area contributed by atoms with Crippen molar-refractivity contribution in [3.05, 3.63) is 10.6 Å². The zero-order chi connectivity index (χ0) is 14.5. The monoisotopic (exact) mass is 283 g/mol. The summed E-state index contributed by atoms with van der Waals surface area (Å²) in [6.45, 7) is 14.6. The van der Waals surface area contributed by atoms with E-state index in [4.69, 9.17) is 0 Å². The van der Waals surface area contributed by atoms with Crippen molar-refractivity contribution in [2.45, 2.75) is 72.8 Å². The van der Waals surface area contributed by atoms with Crippen LogP contribution in [-0.2, 0) is 0 Å². The Bertz CT molecular complexity index is 366. The van der Waals surface area contributed by atoms with Crippen LogP contribution >= 0.6 is 11.5 Å². The molecule has 0 fully saturated rings. The molecule has 1 rings (SSSR count). The fraction of sp³-hybridized carbons (Fsp3) is 0.867. The summed E-state index contributed by atoms with van der Waals surface area (Å²) in [7, 11) is 0. The van der Waals surface area contributed by atoms with Gasteiger partial charge in [-0.15, -0.1) is 5.10 Å². The van der Waals surface area contributed by atoms with Crippen molar-refractivity contribution in [2.75, 3.05) is 6.54 Å². The highest BCUT2D eigenvalue weighted by molar-refractivity contribution is 7.05. The number of rotatable bonds is 7. The Hall–Kier alpha value is -0.480. The van der Waals surface area contributed by atoms with E-state index in [2.05, 4.69) is 56.4 Å². The highest BCUT2D eigenvalue weighted by Gasteiger charge is 2.22. The maximum absolute atomic E-state index is 4.32. The van der Waals surface area contributed by atoms with Gasteiger partial charge in [0.25, 0.3) is 0 Å². The molecular formula is C15H29N3S. The zero-order valence-corrected chi connectivity index (χ0v) is 14.1. The van der Waals surface area contributed by atoms with Crippen molar-refractivity contribution in [3.63, 3.8) is 0 Å². The van der Waals surface area contributed by atoms with Gasteiger partial charge in [0.1, 0.15) is 0 Å². The Morgan fingerprint density at radius 3 is 2.47 bits per heavy atom. The summed E-state index contributed by atoms with van der Waals surface area (Å²) in [5, 5.41) is 7.99. The average Bonchev–Trinajstić information content (AvgIpc) is 2.77. The van der Waals surface area contributed by atoms with E-state index >= 15 is 0 Å². The second-order valence-corrected chi connectivity index (χ2v) is 7.57. The molecule has 19 heavy (non-hydrogen) atoms. The Morgan fingerprint density at radius 2 is 1.95 bits per heavy atom. The standard InChI is InChI=1S/C15H29N3S/c1-7-10-16-12(8-9-15(4,5)6)14-13(11(2)3)17-18-19-14/h11-12,16H,7-10H2,1-6H3. The molecule has 0 saturated heterocycles. The van der Waals surface area contributed by atoms with Crippen LogP contribution in [0, 0.1) is 5.41 Å². The lowest BCUT2D eigenvalue weighted by Gasteiger charge is -2.24. The predicted octanol–water partition coefficient (Wildman–Crippen LogP) is 4.53. The third kappa shape index (κ3) is 5.57. The molecule has 1 unspecified atom stereocenters. The topological polar surface area (TPSA) is 37.8 Å². The molecule has 0 aliphatic rings. The van der Waals surface area contributed by atoms with Gasteiger partial charge < -0.3 is 5.32 Å². The summed E-state index contributed by atoms with van der Waals surface area (Å²) in [6.07, 6.45) is 3.53. The van der Waals surface area contributed by atoms with Gasteiger partial charge in [0.05, 0.1) is 10.6 Å². The van der Waals surface area contributed by atoms with Crippen LogP contribution in [0.4, 0.5) is 0 Å². The van der Waals surface area contributed by atoms with Crippen LogP contribution in [-0.4, -0.2) is 16.1 Å². The third-order valence-electron chi connectivity index (χ3n) is 3.23. The van der Waals surface area contributed by atoms with Crippen molar-refractivity contribution in [2.24, 2.45) is 5.41 Å². The smallest absolute Gasteiger partial charge is 0.0829 e. The van der Waals surface area contributed by atoms with Crippen LogP contribution in [0.5, 0.6) is 0 Å². The first-order chi connectivity index (χ1) is 8.85. The number of nitrogens with one attached hydrogen (secondary N) is 1. The van der Waals surface area contributed by atoms with Crippen molar-refractivity contribution in [1.29, 1.82) is 0 Å². The normalized spacial score (nSPS) is 14.1. The summed E-state index contributed by atoms with van der Waals surface area (Å²) in [5.41, 5.74) is 1.55. The van der Waals surface area contributed by atoms with E-state index in [1.54, 1.807) is 11.5 Å². The van der Waals surface area contributed by atoms with Crippen molar-refractivity contribution < 1.29 is 0 Å². The van der Waals surface area contributed by atoms with E-state index in [-0.39, 0.29) is 0 Å². The Balaban J connectivity index is 2.80. The quantitative estimate of drug-likeness (QED) is 0.799. The lowest BCUT2D eigenvalue weighted by Crippen LogP contribution is -2.24. The third-order valence-corrected chi connectivity index (χ3v) is 4.08.